The fraction of sp³-hybridized carbons (Fsp3) is 0.667. The highest BCUT2D eigenvalue weighted by atomic mass is 16.7. The highest BCUT2D eigenvalue weighted by Gasteiger charge is 2.17. The molecule has 1 aromatic carbocycles. The van der Waals surface area contributed by atoms with Crippen molar-refractivity contribution in [3.05, 3.63) is 35.5 Å². The Labute approximate surface area is 209 Å². The van der Waals surface area contributed by atoms with E-state index in [-0.39, 0.29) is 0 Å². The lowest BCUT2D eigenvalue weighted by molar-refractivity contribution is 0.106. The number of nitrogens with zero attached hydrogens (tertiary/aromatic N) is 1. The second-order valence-electron chi connectivity index (χ2n) is 9.48. The lowest BCUT2D eigenvalue weighted by atomic mass is 10.1. The third-order valence-corrected chi connectivity index (χ3v) is 6.30. The Bertz CT molecular complexity index is 812. The second-order valence-corrected chi connectivity index (χ2v) is 9.48. The van der Waals surface area contributed by atoms with Gasteiger partial charge in [0.05, 0.1) is 24.6 Å². The minimum atomic E-state index is 0.725. The van der Waals surface area contributed by atoms with Gasteiger partial charge < -0.3 is 14.3 Å². The molecule has 2 aromatic rings. The maximum Gasteiger partial charge on any atom is 0.129 e. The van der Waals surface area contributed by atoms with Gasteiger partial charge in [-0.3, -0.25) is 0 Å². The predicted octanol–water partition coefficient (Wildman–Crippen LogP) is 8.70. The minimum Gasteiger partial charge on any atom is -0.493 e. The van der Waals surface area contributed by atoms with Crippen LogP contribution < -0.4 is 14.3 Å². The van der Waals surface area contributed by atoms with Crippen LogP contribution in [-0.2, 0) is 0 Å². The van der Waals surface area contributed by atoms with E-state index < -0.39 is 0 Å². The summed E-state index contributed by atoms with van der Waals surface area (Å²) < 4.78 is 14.5. The first-order valence-corrected chi connectivity index (χ1v) is 13.8. The Morgan fingerprint density at radius 2 is 1.18 bits per heavy atom. The number of hydrogen-bond donors (Lipinski definition) is 0. The van der Waals surface area contributed by atoms with E-state index >= 15 is 0 Å². The highest BCUT2D eigenvalue weighted by Crippen LogP contribution is 2.37. The molecular formula is C30H49NO3. The number of hydrogen-bond acceptors (Lipinski definition) is 3. The average molecular weight is 472 g/mol. The average Bonchev–Trinajstić information content (AvgIpc) is 3.19. The van der Waals surface area contributed by atoms with E-state index in [1.807, 2.05) is 4.73 Å². The van der Waals surface area contributed by atoms with Crippen LogP contribution in [0.2, 0.25) is 0 Å². The maximum absolute atomic E-state index is 6.33. The number of benzene rings is 1. The molecule has 0 aliphatic rings. The normalized spacial score (nSPS) is 11.1. The van der Waals surface area contributed by atoms with Crippen LogP contribution in [0.4, 0.5) is 0 Å². The fourth-order valence-electron chi connectivity index (χ4n) is 4.14. The van der Waals surface area contributed by atoms with E-state index in [1.165, 1.54) is 57.8 Å². The number of rotatable bonds is 19. The summed E-state index contributed by atoms with van der Waals surface area (Å²) in [6, 6.07) is 8.56. The van der Waals surface area contributed by atoms with E-state index in [4.69, 9.17) is 14.3 Å². The van der Waals surface area contributed by atoms with Crippen molar-refractivity contribution in [3.8, 4) is 22.8 Å². The Kier molecular flexibility index (Phi) is 13.7. The molecule has 0 aliphatic carbocycles. The SMILES string of the molecule is CCCCCCOc1cc(-c2ccc(C)n2OCCCCCC)c(OCCCCCC)cc1C. The molecule has 192 valence electrons. The maximum atomic E-state index is 6.33. The van der Waals surface area contributed by atoms with Crippen LogP contribution in [-0.4, -0.2) is 24.6 Å². The van der Waals surface area contributed by atoms with Crippen molar-refractivity contribution in [3.63, 3.8) is 0 Å². The molecule has 0 amide bonds. The zero-order valence-electron chi connectivity index (χ0n) is 22.6. The summed E-state index contributed by atoms with van der Waals surface area (Å²) in [5.74, 6) is 1.86. The topological polar surface area (TPSA) is 32.6 Å². The van der Waals surface area contributed by atoms with Crippen molar-refractivity contribution in [1.29, 1.82) is 0 Å². The van der Waals surface area contributed by atoms with E-state index in [0.29, 0.717) is 0 Å². The molecule has 0 aliphatic heterocycles. The van der Waals surface area contributed by atoms with Crippen LogP contribution in [0.5, 0.6) is 11.5 Å². The van der Waals surface area contributed by atoms with Gasteiger partial charge in [0.25, 0.3) is 0 Å². The van der Waals surface area contributed by atoms with Gasteiger partial charge in [-0.1, -0.05) is 72.1 Å². The highest BCUT2D eigenvalue weighted by molar-refractivity contribution is 5.71. The predicted molar refractivity (Wildman–Crippen MR) is 144 cm³/mol. The molecule has 0 bridgehead atoms. The molecule has 0 saturated heterocycles. The zero-order chi connectivity index (χ0) is 24.6. The molecule has 34 heavy (non-hydrogen) atoms. The molecule has 0 saturated carbocycles. The molecule has 0 N–H and O–H groups in total. The number of aryl methyl sites for hydroxylation is 2. The minimum absolute atomic E-state index is 0.725. The Hall–Kier alpha value is -2.10. The lowest BCUT2D eigenvalue weighted by Crippen LogP contribution is -2.15. The van der Waals surface area contributed by atoms with E-state index in [0.717, 1.165) is 73.1 Å². The summed E-state index contributed by atoms with van der Waals surface area (Å²) in [6.45, 7) is 13.1. The first kappa shape index (κ1) is 28.1. The van der Waals surface area contributed by atoms with Crippen LogP contribution in [0.1, 0.15) is 109 Å². The fourth-order valence-corrected chi connectivity index (χ4v) is 4.14. The molecular weight excluding hydrogens is 422 g/mol. The zero-order valence-corrected chi connectivity index (χ0v) is 22.6. The van der Waals surface area contributed by atoms with Gasteiger partial charge in [-0.25, -0.2) is 0 Å². The van der Waals surface area contributed by atoms with E-state index in [2.05, 4.69) is 58.9 Å². The lowest BCUT2D eigenvalue weighted by Gasteiger charge is -2.19. The Morgan fingerprint density at radius 1 is 0.618 bits per heavy atom. The smallest absolute Gasteiger partial charge is 0.129 e. The first-order chi connectivity index (χ1) is 16.6. The summed E-state index contributed by atoms with van der Waals surface area (Å²) in [4.78, 5) is 6.24. The van der Waals surface area contributed by atoms with Gasteiger partial charge in [-0.2, -0.15) is 4.73 Å². The summed E-state index contributed by atoms with van der Waals surface area (Å²) in [5.41, 5.74) is 4.30. The first-order valence-electron chi connectivity index (χ1n) is 13.8. The van der Waals surface area contributed by atoms with Gasteiger partial charge in [0.15, 0.2) is 0 Å². The molecule has 1 aromatic heterocycles. The molecule has 0 atom stereocenters. The Balaban J connectivity index is 2.22. The number of aromatic nitrogens is 1. The standard InChI is InChI=1S/C30H49NO3/c1-6-9-12-15-20-32-29-24-27(30(23-25(29)4)33-21-16-13-10-7-2)28-19-18-26(5)31(28)34-22-17-14-11-8-3/h18-19,23-24H,6-17,20-22H2,1-5H3. The van der Waals surface area contributed by atoms with Crippen LogP contribution >= 0.6 is 0 Å². The van der Waals surface area contributed by atoms with Gasteiger partial charge in [0, 0.05) is 5.56 Å². The molecule has 0 unspecified atom stereocenters. The van der Waals surface area contributed by atoms with Gasteiger partial charge in [-0.05, 0) is 69.4 Å². The Morgan fingerprint density at radius 3 is 1.76 bits per heavy atom. The summed E-state index contributed by atoms with van der Waals surface area (Å²) in [5, 5.41) is 0. The molecule has 0 fully saturated rings. The second kappa shape index (κ2) is 16.5. The van der Waals surface area contributed by atoms with Crippen molar-refractivity contribution in [2.75, 3.05) is 19.8 Å². The molecule has 4 heteroatoms. The summed E-state index contributed by atoms with van der Waals surface area (Å²) >= 11 is 0. The third kappa shape index (κ3) is 9.27. The molecule has 1 heterocycles. The quantitative estimate of drug-likeness (QED) is 0.192. The van der Waals surface area contributed by atoms with Crippen LogP contribution in [0.3, 0.4) is 0 Å². The van der Waals surface area contributed by atoms with Crippen molar-refractivity contribution in [2.45, 2.75) is 112 Å². The van der Waals surface area contributed by atoms with Crippen LogP contribution in [0.15, 0.2) is 24.3 Å². The van der Waals surface area contributed by atoms with Gasteiger partial charge in [0.1, 0.15) is 18.1 Å². The van der Waals surface area contributed by atoms with Crippen molar-refractivity contribution < 1.29 is 14.3 Å². The number of unbranched alkanes of at least 4 members (excludes halogenated alkanes) is 9. The van der Waals surface area contributed by atoms with Crippen molar-refractivity contribution in [2.24, 2.45) is 0 Å². The number of ether oxygens (including phenoxy) is 2. The van der Waals surface area contributed by atoms with E-state index in [1.54, 1.807) is 0 Å². The van der Waals surface area contributed by atoms with Crippen LogP contribution in [0.25, 0.3) is 11.3 Å². The van der Waals surface area contributed by atoms with Crippen molar-refractivity contribution >= 4 is 0 Å². The van der Waals surface area contributed by atoms with E-state index in [9.17, 15) is 0 Å². The molecule has 0 radical (unpaired) electrons. The molecule has 2 rings (SSSR count). The molecule has 0 spiro atoms. The van der Waals surface area contributed by atoms with Gasteiger partial charge in [-0.15, -0.1) is 0 Å². The summed E-state index contributed by atoms with van der Waals surface area (Å²) in [6.07, 6.45) is 14.4. The third-order valence-electron chi connectivity index (χ3n) is 6.30. The van der Waals surface area contributed by atoms with Gasteiger partial charge in [0.2, 0.25) is 0 Å². The monoisotopic (exact) mass is 471 g/mol. The van der Waals surface area contributed by atoms with Gasteiger partial charge >= 0.3 is 0 Å². The van der Waals surface area contributed by atoms with Crippen LogP contribution in [0, 0.1) is 13.8 Å². The molecule has 4 nitrogen and oxygen atoms in total. The summed E-state index contributed by atoms with van der Waals surface area (Å²) in [7, 11) is 0. The van der Waals surface area contributed by atoms with Crippen molar-refractivity contribution in [1.82, 2.24) is 4.73 Å². The largest absolute Gasteiger partial charge is 0.493 e.